The Balaban J connectivity index is 2.22. The lowest BCUT2D eigenvalue weighted by Crippen LogP contribution is -2.31. The van der Waals surface area contributed by atoms with Gasteiger partial charge in [0, 0.05) is 4.90 Å². The molecule has 0 aliphatic heterocycles. The molecule has 0 bridgehead atoms. The van der Waals surface area contributed by atoms with Gasteiger partial charge in [-0.3, -0.25) is 9.59 Å². The summed E-state index contributed by atoms with van der Waals surface area (Å²) in [5.74, 6) is -1.14. The Hall–Kier alpha value is -2.27. The van der Waals surface area contributed by atoms with Crippen LogP contribution in [0.5, 0.6) is 0 Å². The highest BCUT2D eigenvalue weighted by Crippen LogP contribution is 2.36. The molecule has 114 valence electrons. The number of carbonyl (C=O) groups excluding carboxylic acids is 2. The van der Waals surface area contributed by atoms with Gasteiger partial charge in [0.25, 0.3) is 5.91 Å². The van der Waals surface area contributed by atoms with E-state index in [9.17, 15) is 9.59 Å². The Bertz CT molecular complexity index is 631. The molecule has 4 nitrogen and oxygen atoms in total. The fourth-order valence-corrected chi connectivity index (χ4v) is 2.84. The molecule has 1 amide bonds. The monoisotopic (exact) mass is 315 g/mol. The maximum atomic E-state index is 12.4. The summed E-state index contributed by atoms with van der Waals surface area (Å²) < 4.78 is 5.17. The number of esters is 1. The molecular formula is C17H17NO3S. The normalized spacial score (nSPS) is 13.1. The van der Waals surface area contributed by atoms with Gasteiger partial charge < -0.3 is 10.5 Å². The van der Waals surface area contributed by atoms with Crippen LogP contribution in [0.15, 0.2) is 65.6 Å². The highest BCUT2D eigenvalue weighted by atomic mass is 32.2. The molecular weight excluding hydrogens is 298 g/mol. The molecule has 5 heteroatoms. The zero-order valence-electron chi connectivity index (χ0n) is 12.1. The van der Waals surface area contributed by atoms with Crippen LogP contribution in [0.4, 0.5) is 0 Å². The summed E-state index contributed by atoms with van der Waals surface area (Å²) in [5, 5.41) is -0.551. The zero-order valence-corrected chi connectivity index (χ0v) is 13.0. The first kappa shape index (κ1) is 16.1. The van der Waals surface area contributed by atoms with Gasteiger partial charge in [-0.05, 0) is 24.6 Å². The number of ether oxygens (including phenoxy) is 1. The van der Waals surface area contributed by atoms with Crippen molar-refractivity contribution in [2.75, 3.05) is 0 Å². The minimum Gasteiger partial charge on any atom is -0.451 e. The minimum absolute atomic E-state index is 0.480. The van der Waals surface area contributed by atoms with E-state index in [2.05, 4.69) is 0 Å². The van der Waals surface area contributed by atoms with Gasteiger partial charge in [-0.25, -0.2) is 0 Å². The van der Waals surface area contributed by atoms with Crippen LogP contribution in [0, 0.1) is 0 Å². The number of hydrogen-bond acceptors (Lipinski definition) is 4. The van der Waals surface area contributed by atoms with Crippen molar-refractivity contribution in [3.05, 3.63) is 66.2 Å². The van der Waals surface area contributed by atoms with Crippen molar-refractivity contribution < 1.29 is 14.3 Å². The van der Waals surface area contributed by atoms with Crippen molar-refractivity contribution in [1.29, 1.82) is 0 Å². The van der Waals surface area contributed by atoms with E-state index in [0.717, 1.165) is 10.5 Å². The number of nitrogens with two attached hydrogens (primary N) is 1. The van der Waals surface area contributed by atoms with Crippen LogP contribution in [0.25, 0.3) is 0 Å². The second-order valence-corrected chi connectivity index (χ2v) is 5.88. The molecule has 0 aromatic heterocycles. The molecule has 0 saturated heterocycles. The van der Waals surface area contributed by atoms with E-state index < -0.39 is 23.2 Å². The fourth-order valence-electron chi connectivity index (χ4n) is 1.81. The largest absolute Gasteiger partial charge is 0.451 e. The highest BCUT2D eigenvalue weighted by molar-refractivity contribution is 8.00. The molecule has 0 fully saturated rings. The smallest absolute Gasteiger partial charge is 0.324 e. The summed E-state index contributed by atoms with van der Waals surface area (Å²) in [6.07, 6.45) is -0.949. The average molecular weight is 315 g/mol. The van der Waals surface area contributed by atoms with Gasteiger partial charge >= 0.3 is 5.97 Å². The number of rotatable bonds is 6. The van der Waals surface area contributed by atoms with E-state index in [0.29, 0.717) is 0 Å². The van der Waals surface area contributed by atoms with E-state index >= 15 is 0 Å². The van der Waals surface area contributed by atoms with Crippen LogP contribution in [-0.2, 0) is 14.3 Å². The molecule has 0 aliphatic rings. The van der Waals surface area contributed by atoms with Crippen molar-refractivity contribution >= 4 is 23.6 Å². The second kappa shape index (κ2) is 7.66. The predicted molar refractivity (Wildman–Crippen MR) is 86.2 cm³/mol. The maximum absolute atomic E-state index is 12.4. The van der Waals surface area contributed by atoms with Crippen LogP contribution in [0.3, 0.4) is 0 Å². The number of amides is 1. The third-order valence-corrected chi connectivity index (χ3v) is 4.25. The molecule has 0 aliphatic carbocycles. The first-order valence-electron chi connectivity index (χ1n) is 6.84. The standard InChI is InChI=1S/C17H17NO3S/c1-12(16(18)19)21-17(20)15(13-8-4-2-5-9-13)22-14-10-6-3-7-11-14/h2-12,15H,1H3,(H2,18,19)/t12-,15+/m0/s1. The summed E-state index contributed by atoms with van der Waals surface area (Å²) in [6, 6.07) is 18.9. The van der Waals surface area contributed by atoms with Crippen molar-refractivity contribution in [3.8, 4) is 0 Å². The second-order valence-electron chi connectivity index (χ2n) is 4.70. The van der Waals surface area contributed by atoms with Gasteiger partial charge in [0.15, 0.2) is 6.10 Å². The fraction of sp³-hybridized carbons (Fsp3) is 0.176. The molecule has 2 rings (SSSR count). The van der Waals surface area contributed by atoms with Gasteiger partial charge in [-0.15, -0.1) is 11.8 Å². The molecule has 0 saturated carbocycles. The molecule has 0 heterocycles. The van der Waals surface area contributed by atoms with Crippen LogP contribution in [0.1, 0.15) is 17.7 Å². The Morgan fingerprint density at radius 2 is 1.55 bits per heavy atom. The Morgan fingerprint density at radius 3 is 2.09 bits per heavy atom. The molecule has 22 heavy (non-hydrogen) atoms. The summed E-state index contributed by atoms with van der Waals surface area (Å²) in [7, 11) is 0. The first-order valence-corrected chi connectivity index (χ1v) is 7.72. The maximum Gasteiger partial charge on any atom is 0.324 e. The quantitative estimate of drug-likeness (QED) is 0.657. The molecule has 0 radical (unpaired) electrons. The Labute approximate surface area is 133 Å². The molecule has 2 atom stereocenters. The zero-order chi connectivity index (χ0) is 15.9. The van der Waals surface area contributed by atoms with E-state index in [4.69, 9.17) is 10.5 Å². The minimum atomic E-state index is -0.949. The summed E-state index contributed by atoms with van der Waals surface area (Å²) in [5.41, 5.74) is 5.97. The van der Waals surface area contributed by atoms with Crippen molar-refractivity contribution in [2.45, 2.75) is 23.2 Å². The van der Waals surface area contributed by atoms with Gasteiger partial charge in [0.05, 0.1) is 0 Å². The van der Waals surface area contributed by atoms with Gasteiger partial charge in [0.2, 0.25) is 0 Å². The van der Waals surface area contributed by atoms with Crippen molar-refractivity contribution in [3.63, 3.8) is 0 Å². The van der Waals surface area contributed by atoms with Crippen molar-refractivity contribution in [1.82, 2.24) is 0 Å². The average Bonchev–Trinajstić information content (AvgIpc) is 2.54. The summed E-state index contributed by atoms with van der Waals surface area (Å²) >= 11 is 1.38. The van der Waals surface area contributed by atoms with Crippen LogP contribution in [-0.4, -0.2) is 18.0 Å². The number of thioether (sulfide) groups is 1. The SMILES string of the molecule is C[C@H](OC(=O)[C@H](Sc1ccccc1)c1ccccc1)C(N)=O. The van der Waals surface area contributed by atoms with Gasteiger partial charge in [-0.2, -0.15) is 0 Å². The Kier molecular flexibility index (Phi) is 5.61. The molecule has 0 spiro atoms. The number of hydrogen-bond donors (Lipinski definition) is 1. The first-order chi connectivity index (χ1) is 10.6. The third kappa shape index (κ3) is 4.36. The van der Waals surface area contributed by atoms with E-state index in [1.54, 1.807) is 0 Å². The lowest BCUT2D eigenvalue weighted by atomic mass is 10.1. The number of carbonyl (C=O) groups is 2. The molecule has 0 unspecified atom stereocenters. The van der Waals surface area contributed by atoms with E-state index in [-0.39, 0.29) is 0 Å². The number of primary amides is 1. The lowest BCUT2D eigenvalue weighted by molar-refractivity contribution is -0.153. The molecule has 2 aromatic rings. The molecule has 2 aromatic carbocycles. The predicted octanol–water partition coefficient (Wildman–Crippen LogP) is 2.94. The molecule has 2 N–H and O–H groups in total. The lowest BCUT2D eigenvalue weighted by Gasteiger charge is -2.18. The van der Waals surface area contributed by atoms with E-state index in [1.165, 1.54) is 18.7 Å². The van der Waals surface area contributed by atoms with Crippen LogP contribution >= 0.6 is 11.8 Å². The van der Waals surface area contributed by atoms with Crippen LogP contribution < -0.4 is 5.73 Å². The van der Waals surface area contributed by atoms with Crippen LogP contribution in [0.2, 0.25) is 0 Å². The summed E-state index contributed by atoms with van der Waals surface area (Å²) in [6.45, 7) is 1.47. The van der Waals surface area contributed by atoms with Crippen molar-refractivity contribution in [2.24, 2.45) is 5.73 Å². The highest BCUT2D eigenvalue weighted by Gasteiger charge is 2.26. The Morgan fingerprint density at radius 1 is 1.00 bits per heavy atom. The van der Waals surface area contributed by atoms with E-state index in [1.807, 2.05) is 60.7 Å². The topological polar surface area (TPSA) is 69.4 Å². The number of benzene rings is 2. The third-order valence-electron chi connectivity index (χ3n) is 3.01. The van der Waals surface area contributed by atoms with Gasteiger partial charge in [-0.1, -0.05) is 48.5 Å². The van der Waals surface area contributed by atoms with Gasteiger partial charge in [0.1, 0.15) is 5.25 Å². The summed E-state index contributed by atoms with van der Waals surface area (Å²) in [4.78, 5) is 24.4.